The topological polar surface area (TPSA) is 69.6 Å². The van der Waals surface area contributed by atoms with Crippen LogP contribution in [-0.2, 0) is 11.2 Å². The van der Waals surface area contributed by atoms with Gasteiger partial charge in [0.2, 0.25) is 5.91 Å². The van der Waals surface area contributed by atoms with Gasteiger partial charge in [0.1, 0.15) is 0 Å². The van der Waals surface area contributed by atoms with Gasteiger partial charge in [-0.25, -0.2) is 0 Å². The summed E-state index contributed by atoms with van der Waals surface area (Å²) in [5.41, 5.74) is 0.886. The van der Waals surface area contributed by atoms with Crippen LogP contribution in [0.3, 0.4) is 0 Å². The highest BCUT2D eigenvalue weighted by atomic mass is 16.3. The van der Waals surface area contributed by atoms with E-state index >= 15 is 0 Å². The number of amides is 1. The monoisotopic (exact) mass is 372 g/mol. The molecule has 1 N–H and O–H groups in total. The predicted octanol–water partition coefficient (Wildman–Crippen LogP) is 1.88. The molecule has 0 bridgehead atoms. The van der Waals surface area contributed by atoms with Gasteiger partial charge in [0, 0.05) is 49.6 Å². The molecule has 3 heterocycles. The first-order valence-electron chi connectivity index (χ1n) is 10.7. The van der Waals surface area contributed by atoms with E-state index in [1.807, 2.05) is 4.90 Å². The number of hydrogen-bond donors (Lipinski definition) is 1. The number of β-amino-alcohol motifs (C(OH)–C–C–N with tert-alkyl or cyclic N) is 1. The van der Waals surface area contributed by atoms with Crippen LogP contribution in [-0.4, -0.2) is 69.1 Å². The van der Waals surface area contributed by atoms with E-state index in [0.29, 0.717) is 19.5 Å². The van der Waals surface area contributed by atoms with Crippen molar-refractivity contribution in [3.05, 3.63) is 24.3 Å². The fraction of sp³-hybridized carbons (Fsp3) is 0.762. The Morgan fingerprint density at radius 3 is 2.56 bits per heavy atom. The lowest BCUT2D eigenvalue weighted by Gasteiger charge is -2.39. The van der Waals surface area contributed by atoms with Crippen LogP contribution in [0.5, 0.6) is 0 Å². The van der Waals surface area contributed by atoms with Gasteiger partial charge < -0.3 is 14.9 Å². The molecule has 1 aromatic rings. The van der Waals surface area contributed by atoms with Gasteiger partial charge in [-0.3, -0.25) is 14.8 Å². The van der Waals surface area contributed by atoms with E-state index in [9.17, 15) is 9.90 Å². The summed E-state index contributed by atoms with van der Waals surface area (Å²) in [6, 6.07) is 0.750. The lowest BCUT2D eigenvalue weighted by Crippen LogP contribution is -2.46. The van der Waals surface area contributed by atoms with Gasteiger partial charge in [0.05, 0.1) is 11.8 Å². The Hall–Kier alpha value is -1.53. The van der Waals surface area contributed by atoms with Crippen molar-refractivity contribution in [2.45, 2.75) is 63.5 Å². The van der Waals surface area contributed by atoms with Crippen LogP contribution < -0.4 is 0 Å². The van der Waals surface area contributed by atoms with Crippen LogP contribution >= 0.6 is 0 Å². The third-order valence-electron chi connectivity index (χ3n) is 6.78. The SMILES string of the molecule is O=C(C1CCN(C2CCCCC2)CC1)N1C[C@@H](Cc2cnccn2)[C@H](O)C1. The molecule has 3 fully saturated rings. The number of likely N-dealkylation sites (tertiary alicyclic amines) is 2. The Bertz CT molecular complexity index is 612. The van der Waals surface area contributed by atoms with Crippen molar-refractivity contribution in [3.63, 3.8) is 0 Å². The Kier molecular flexibility index (Phi) is 6.03. The number of rotatable bonds is 4. The van der Waals surface area contributed by atoms with Crippen LogP contribution in [0.4, 0.5) is 0 Å². The highest BCUT2D eigenvalue weighted by molar-refractivity contribution is 5.79. The Balaban J connectivity index is 1.27. The van der Waals surface area contributed by atoms with Gasteiger partial charge in [0.15, 0.2) is 0 Å². The second kappa shape index (κ2) is 8.65. The molecule has 0 aromatic carbocycles. The molecule has 2 saturated heterocycles. The summed E-state index contributed by atoms with van der Waals surface area (Å²) in [5, 5.41) is 10.4. The second-order valence-corrected chi connectivity index (χ2v) is 8.57. The number of aromatic nitrogens is 2. The Morgan fingerprint density at radius 1 is 1.07 bits per heavy atom. The first-order valence-corrected chi connectivity index (χ1v) is 10.7. The Labute approximate surface area is 162 Å². The highest BCUT2D eigenvalue weighted by Crippen LogP contribution is 2.29. The van der Waals surface area contributed by atoms with Crippen molar-refractivity contribution >= 4 is 5.91 Å². The number of aliphatic hydroxyl groups excluding tert-OH is 1. The van der Waals surface area contributed by atoms with Gasteiger partial charge in [-0.1, -0.05) is 19.3 Å². The summed E-state index contributed by atoms with van der Waals surface area (Å²) in [6.45, 7) is 3.22. The number of aliphatic hydroxyl groups is 1. The van der Waals surface area contributed by atoms with Gasteiger partial charge in [-0.15, -0.1) is 0 Å². The van der Waals surface area contributed by atoms with Crippen LogP contribution in [0.15, 0.2) is 18.6 Å². The van der Waals surface area contributed by atoms with Crippen molar-refractivity contribution in [1.29, 1.82) is 0 Å². The van der Waals surface area contributed by atoms with E-state index in [-0.39, 0.29) is 17.7 Å². The molecule has 2 atom stereocenters. The zero-order valence-electron chi connectivity index (χ0n) is 16.2. The molecule has 6 heteroatoms. The Morgan fingerprint density at radius 2 is 1.85 bits per heavy atom. The van der Waals surface area contributed by atoms with Crippen molar-refractivity contribution in [2.24, 2.45) is 11.8 Å². The van der Waals surface area contributed by atoms with E-state index < -0.39 is 6.10 Å². The van der Waals surface area contributed by atoms with Crippen molar-refractivity contribution in [1.82, 2.24) is 19.8 Å². The van der Waals surface area contributed by atoms with Gasteiger partial charge in [-0.05, 0) is 45.2 Å². The molecule has 3 aliphatic rings. The number of piperidine rings is 1. The summed E-state index contributed by atoms with van der Waals surface area (Å²) in [5.74, 6) is 0.444. The molecular formula is C21H32N4O2. The summed E-state index contributed by atoms with van der Waals surface area (Å²) in [6.07, 6.45) is 14.0. The quantitative estimate of drug-likeness (QED) is 0.874. The maximum Gasteiger partial charge on any atom is 0.225 e. The lowest BCUT2D eigenvalue weighted by atomic mass is 9.89. The van der Waals surface area contributed by atoms with Gasteiger partial charge in [0.25, 0.3) is 0 Å². The second-order valence-electron chi connectivity index (χ2n) is 8.57. The molecule has 6 nitrogen and oxygen atoms in total. The fourth-order valence-corrected chi connectivity index (χ4v) is 5.15. The lowest BCUT2D eigenvalue weighted by molar-refractivity contribution is -0.136. The minimum Gasteiger partial charge on any atom is -0.391 e. The summed E-state index contributed by atoms with van der Waals surface area (Å²) in [4.78, 5) is 25.9. The molecule has 0 radical (unpaired) electrons. The van der Waals surface area contributed by atoms with E-state index in [0.717, 1.165) is 37.7 Å². The third kappa shape index (κ3) is 4.49. The van der Waals surface area contributed by atoms with E-state index in [4.69, 9.17) is 0 Å². The summed E-state index contributed by atoms with van der Waals surface area (Å²) in [7, 11) is 0. The highest BCUT2D eigenvalue weighted by Gasteiger charge is 2.38. The van der Waals surface area contributed by atoms with Gasteiger partial charge >= 0.3 is 0 Å². The molecule has 148 valence electrons. The summed E-state index contributed by atoms with van der Waals surface area (Å²) < 4.78 is 0. The number of nitrogens with zero attached hydrogens (tertiary/aromatic N) is 4. The normalized spacial score (nSPS) is 28.6. The molecule has 1 aromatic heterocycles. The van der Waals surface area contributed by atoms with E-state index in [1.54, 1.807) is 18.6 Å². The molecule has 0 spiro atoms. The molecule has 4 rings (SSSR count). The smallest absolute Gasteiger partial charge is 0.225 e. The molecule has 1 aliphatic carbocycles. The maximum absolute atomic E-state index is 13.0. The zero-order valence-corrected chi connectivity index (χ0v) is 16.2. The molecule has 1 amide bonds. The fourth-order valence-electron chi connectivity index (χ4n) is 5.15. The maximum atomic E-state index is 13.0. The molecular weight excluding hydrogens is 340 g/mol. The van der Waals surface area contributed by atoms with Crippen LogP contribution in [0, 0.1) is 11.8 Å². The molecule has 2 aliphatic heterocycles. The largest absolute Gasteiger partial charge is 0.391 e. The minimum atomic E-state index is -0.460. The predicted molar refractivity (Wildman–Crippen MR) is 103 cm³/mol. The van der Waals surface area contributed by atoms with Crippen molar-refractivity contribution < 1.29 is 9.90 Å². The first kappa shape index (κ1) is 18.8. The average molecular weight is 373 g/mol. The zero-order chi connectivity index (χ0) is 18.6. The van der Waals surface area contributed by atoms with E-state index in [2.05, 4.69) is 14.9 Å². The number of carbonyl (C=O) groups is 1. The van der Waals surface area contributed by atoms with Crippen molar-refractivity contribution in [2.75, 3.05) is 26.2 Å². The van der Waals surface area contributed by atoms with Crippen molar-refractivity contribution in [3.8, 4) is 0 Å². The average Bonchev–Trinajstić information content (AvgIpc) is 3.09. The minimum absolute atomic E-state index is 0.0629. The molecule has 27 heavy (non-hydrogen) atoms. The van der Waals surface area contributed by atoms with E-state index in [1.165, 1.54) is 32.1 Å². The third-order valence-corrected chi connectivity index (χ3v) is 6.78. The molecule has 0 unspecified atom stereocenters. The van der Waals surface area contributed by atoms with Crippen LogP contribution in [0.2, 0.25) is 0 Å². The molecule has 1 saturated carbocycles. The standard InChI is InChI=1S/C21H32N4O2/c26-20-15-25(14-17(20)12-18-13-22-8-9-23-18)21(27)16-6-10-24(11-7-16)19-4-2-1-3-5-19/h8-9,13,16-17,19-20,26H,1-7,10-12,14-15H2/t17-,20-/m1/s1. The number of hydrogen-bond acceptors (Lipinski definition) is 5. The van der Waals surface area contributed by atoms with Gasteiger partial charge in [-0.2, -0.15) is 0 Å². The van der Waals surface area contributed by atoms with Crippen LogP contribution in [0.25, 0.3) is 0 Å². The first-order chi connectivity index (χ1) is 13.2. The summed E-state index contributed by atoms with van der Waals surface area (Å²) >= 11 is 0. The van der Waals surface area contributed by atoms with Crippen LogP contribution in [0.1, 0.15) is 50.6 Å². The number of carbonyl (C=O) groups excluding carboxylic acids is 1.